The van der Waals surface area contributed by atoms with Gasteiger partial charge in [-0.25, -0.2) is 4.79 Å². The van der Waals surface area contributed by atoms with Gasteiger partial charge in [0.25, 0.3) is 5.91 Å². The van der Waals surface area contributed by atoms with Crippen LogP contribution in [0.1, 0.15) is 41.0 Å². The lowest BCUT2D eigenvalue weighted by Gasteiger charge is -2.04. The number of nitrogens with one attached hydrogen (secondary N) is 1. The highest BCUT2D eigenvalue weighted by atomic mass is 32.1. The number of ether oxygens (including phenoxy) is 1. The van der Waals surface area contributed by atoms with E-state index in [9.17, 15) is 14.9 Å². The number of carbonyl (C=O) groups excluding carboxylic acids is 2. The summed E-state index contributed by atoms with van der Waals surface area (Å²) in [5, 5.41) is 12.7. The molecule has 1 aliphatic carbocycles. The molecule has 6 nitrogen and oxygen atoms in total. The maximum Gasteiger partial charge on any atom is 0.331 e. The summed E-state index contributed by atoms with van der Waals surface area (Å²) < 4.78 is 9.97. The van der Waals surface area contributed by atoms with Crippen molar-refractivity contribution in [2.24, 2.45) is 0 Å². The Hall–Kier alpha value is -2.85. The van der Waals surface area contributed by atoms with E-state index in [1.54, 1.807) is 12.1 Å². The van der Waals surface area contributed by atoms with Gasteiger partial charge in [-0.05, 0) is 49.5 Å². The Kier molecular flexibility index (Phi) is 5.87. The number of aryl methyl sites for hydroxylation is 1. The molecule has 2 aromatic heterocycles. The average Bonchev–Trinajstić information content (AvgIpc) is 3.20. The van der Waals surface area contributed by atoms with Crippen molar-refractivity contribution in [2.45, 2.75) is 32.1 Å². The van der Waals surface area contributed by atoms with Crippen molar-refractivity contribution in [3.63, 3.8) is 0 Å². The first kappa shape index (κ1) is 18.0. The molecule has 2 aromatic rings. The maximum atomic E-state index is 12.1. The Morgan fingerprint density at radius 1 is 1.35 bits per heavy atom. The number of amides is 1. The van der Waals surface area contributed by atoms with E-state index in [0.717, 1.165) is 37.7 Å². The summed E-state index contributed by atoms with van der Waals surface area (Å²) in [6.07, 6.45) is 9.29. The molecular weight excluding hydrogens is 352 g/mol. The first-order valence-electron chi connectivity index (χ1n) is 8.40. The lowest BCUT2D eigenvalue weighted by Crippen LogP contribution is -2.20. The van der Waals surface area contributed by atoms with Crippen LogP contribution in [0.2, 0.25) is 0 Å². The lowest BCUT2D eigenvalue weighted by molar-refractivity contribution is -0.142. The number of hydrogen-bond donors (Lipinski definition) is 1. The molecule has 2 heterocycles. The highest BCUT2D eigenvalue weighted by Gasteiger charge is 2.21. The topological polar surface area (TPSA) is 92.3 Å². The van der Waals surface area contributed by atoms with E-state index in [4.69, 9.17) is 9.15 Å². The van der Waals surface area contributed by atoms with Crippen LogP contribution in [0.25, 0.3) is 6.08 Å². The Labute approximate surface area is 155 Å². The Morgan fingerprint density at radius 2 is 2.19 bits per heavy atom. The highest BCUT2D eigenvalue weighted by molar-refractivity contribution is 7.16. The van der Waals surface area contributed by atoms with Crippen molar-refractivity contribution < 1.29 is 18.7 Å². The van der Waals surface area contributed by atoms with E-state index >= 15 is 0 Å². The predicted molar refractivity (Wildman–Crippen MR) is 97.6 cm³/mol. The van der Waals surface area contributed by atoms with Crippen molar-refractivity contribution in [2.75, 3.05) is 11.9 Å². The number of carbonyl (C=O) groups is 2. The predicted octanol–water partition coefficient (Wildman–Crippen LogP) is 3.68. The monoisotopic (exact) mass is 370 g/mol. The smallest absolute Gasteiger partial charge is 0.331 e. The van der Waals surface area contributed by atoms with Gasteiger partial charge < -0.3 is 14.5 Å². The fourth-order valence-corrected chi connectivity index (χ4v) is 4.09. The molecule has 0 saturated carbocycles. The molecule has 26 heavy (non-hydrogen) atoms. The number of nitrogens with zero attached hydrogens (tertiary/aromatic N) is 1. The molecule has 0 spiro atoms. The van der Waals surface area contributed by atoms with Crippen molar-refractivity contribution in [1.82, 2.24) is 0 Å². The van der Waals surface area contributed by atoms with Crippen molar-refractivity contribution in [3.05, 3.63) is 46.2 Å². The second-order valence-corrected chi connectivity index (χ2v) is 6.99. The third-order valence-electron chi connectivity index (χ3n) is 4.06. The molecule has 0 aromatic carbocycles. The molecule has 0 bridgehead atoms. The second kappa shape index (κ2) is 8.50. The van der Waals surface area contributed by atoms with E-state index in [0.29, 0.717) is 16.3 Å². The molecule has 7 heteroatoms. The number of hydrogen-bond acceptors (Lipinski definition) is 6. The molecular formula is C19H18N2O4S. The minimum Gasteiger partial charge on any atom is -0.465 e. The zero-order valence-electron chi connectivity index (χ0n) is 14.1. The first-order valence-corrected chi connectivity index (χ1v) is 9.22. The van der Waals surface area contributed by atoms with E-state index in [1.165, 1.54) is 34.6 Å². The standard InChI is InChI=1S/C19H18N2O4S/c20-11-15-14-6-2-1-3-7-16(14)26-19(15)21-17(22)12-25-18(23)9-8-13-5-4-10-24-13/h4-5,8-10H,1-3,6-7,12H2,(H,21,22). The molecule has 0 unspecified atom stereocenters. The Morgan fingerprint density at radius 3 is 2.96 bits per heavy atom. The van der Waals surface area contributed by atoms with Gasteiger partial charge in [-0.1, -0.05) is 6.42 Å². The Bertz CT molecular complexity index is 859. The first-order chi connectivity index (χ1) is 12.7. The summed E-state index contributed by atoms with van der Waals surface area (Å²) >= 11 is 1.45. The Balaban J connectivity index is 1.57. The number of nitriles is 1. The zero-order chi connectivity index (χ0) is 18.4. The quantitative estimate of drug-likeness (QED) is 0.492. The van der Waals surface area contributed by atoms with Crippen LogP contribution in [0.4, 0.5) is 5.00 Å². The molecule has 0 fully saturated rings. The van der Waals surface area contributed by atoms with Gasteiger partial charge in [0.1, 0.15) is 16.8 Å². The molecule has 0 atom stereocenters. The van der Waals surface area contributed by atoms with Crippen LogP contribution in [-0.2, 0) is 27.2 Å². The summed E-state index contributed by atoms with van der Waals surface area (Å²) in [6.45, 7) is -0.408. The summed E-state index contributed by atoms with van der Waals surface area (Å²) in [6, 6.07) is 5.60. The third kappa shape index (κ3) is 4.41. The van der Waals surface area contributed by atoms with Crippen LogP contribution in [0.5, 0.6) is 0 Å². The van der Waals surface area contributed by atoms with Gasteiger partial charge in [-0.3, -0.25) is 4.79 Å². The number of thiophene rings is 1. The number of fused-ring (bicyclic) bond motifs is 1. The van der Waals surface area contributed by atoms with Gasteiger partial charge in [0.2, 0.25) is 0 Å². The molecule has 1 aliphatic rings. The van der Waals surface area contributed by atoms with Crippen molar-refractivity contribution >= 4 is 34.3 Å². The van der Waals surface area contributed by atoms with E-state index in [1.807, 2.05) is 0 Å². The maximum absolute atomic E-state index is 12.1. The fourth-order valence-electron chi connectivity index (χ4n) is 2.83. The van der Waals surface area contributed by atoms with E-state index in [2.05, 4.69) is 11.4 Å². The average molecular weight is 370 g/mol. The summed E-state index contributed by atoms with van der Waals surface area (Å²) in [5.41, 5.74) is 1.60. The highest BCUT2D eigenvalue weighted by Crippen LogP contribution is 2.36. The number of anilines is 1. The van der Waals surface area contributed by atoms with Crippen molar-refractivity contribution in [1.29, 1.82) is 5.26 Å². The van der Waals surface area contributed by atoms with Crippen LogP contribution in [-0.4, -0.2) is 18.5 Å². The SMILES string of the molecule is N#Cc1c(NC(=O)COC(=O)C=Cc2ccco2)sc2c1CCCCC2. The minimum absolute atomic E-state index is 0.408. The van der Waals surface area contributed by atoms with Crippen LogP contribution in [0.15, 0.2) is 28.9 Å². The second-order valence-electron chi connectivity index (χ2n) is 5.89. The normalized spacial score (nSPS) is 13.7. The van der Waals surface area contributed by atoms with Gasteiger partial charge in [0, 0.05) is 11.0 Å². The summed E-state index contributed by atoms with van der Waals surface area (Å²) in [4.78, 5) is 24.9. The van der Waals surface area contributed by atoms with Gasteiger partial charge in [0.15, 0.2) is 6.61 Å². The van der Waals surface area contributed by atoms with Crippen LogP contribution in [0, 0.1) is 11.3 Å². The largest absolute Gasteiger partial charge is 0.465 e. The van der Waals surface area contributed by atoms with E-state index < -0.39 is 18.5 Å². The lowest BCUT2D eigenvalue weighted by atomic mass is 10.1. The third-order valence-corrected chi connectivity index (χ3v) is 5.27. The summed E-state index contributed by atoms with van der Waals surface area (Å²) in [7, 11) is 0. The van der Waals surface area contributed by atoms with Crippen LogP contribution >= 0.6 is 11.3 Å². The van der Waals surface area contributed by atoms with Crippen molar-refractivity contribution in [3.8, 4) is 6.07 Å². The fraction of sp³-hybridized carbons (Fsp3) is 0.316. The van der Waals surface area contributed by atoms with Gasteiger partial charge in [0.05, 0.1) is 11.8 Å². The van der Waals surface area contributed by atoms with E-state index in [-0.39, 0.29) is 0 Å². The molecule has 3 rings (SSSR count). The number of rotatable bonds is 5. The van der Waals surface area contributed by atoms with Crippen LogP contribution in [0.3, 0.4) is 0 Å². The van der Waals surface area contributed by atoms with Gasteiger partial charge in [-0.2, -0.15) is 5.26 Å². The van der Waals surface area contributed by atoms with Crippen LogP contribution < -0.4 is 5.32 Å². The molecule has 1 N–H and O–H groups in total. The molecule has 0 saturated heterocycles. The molecule has 0 aliphatic heterocycles. The minimum atomic E-state index is -0.640. The van der Waals surface area contributed by atoms with Gasteiger partial charge in [-0.15, -0.1) is 11.3 Å². The van der Waals surface area contributed by atoms with Gasteiger partial charge >= 0.3 is 5.97 Å². The zero-order valence-corrected chi connectivity index (χ0v) is 14.9. The number of esters is 1. The molecule has 1 amide bonds. The molecule has 134 valence electrons. The molecule has 0 radical (unpaired) electrons. The number of furan rings is 1. The summed E-state index contributed by atoms with van der Waals surface area (Å²) in [5.74, 6) is -0.582.